The third-order valence-corrected chi connectivity index (χ3v) is 14.0. The van der Waals surface area contributed by atoms with Gasteiger partial charge in [0, 0.05) is 8.07 Å². The maximum absolute atomic E-state index is 2.65. The molecule has 0 saturated carbocycles. The second kappa shape index (κ2) is 13.8. The van der Waals surface area contributed by atoms with Gasteiger partial charge in [0.05, 0.1) is 0 Å². The predicted octanol–water partition coefficient (Wildman–Crippen LogP) is 12.1. The number of hydrogen-bond donors (Lipinski definition) is 0. The Morgan fingerprint density at radius 1 is 0.521 bits per heavy atom. The minimum absolute atomic E-state index is 0. The molecule has 0 amide bonds. The van der Waals surface area contributed by atoms with Crippen molar-refractivity contribution in [2.75, 3.05) is 0 Å². The summed E-state index contributed by atoms with van der Waals surface area (Å²) >= 11 is 0. The predicted molar refractivity (Wildman–Crippen MR) is 212 cm³/mol. The third-order valence-electron chi connectivity index (χ3n) is 10.4. The summed E-state index contributed by atoms with van der Waals surface area (Å²) < 4.78 is 0. The first-order valence-corrected chi connectivity index (χ1v) is 20.9. The molecular formula is C46H54SiZr. The van der Waals surface area contributed by atoms with Gasteiger partial charge in [0.15, 0.2) is 0 Å². The van der Waals surface area contributed by atoms with E-state index >= 15 is 0 Å². The summed E-state index contributed by atoms with van der Waals surface area (Å²) in [4.78, 5) is 0. The Bertz CT molecular complexity index is 1870. The Morgan fingerprint density at radius 3 is 1.19 bits per heavy atom. The monoisotopic (exact) mass is 724 g/mol. The molecule has 0 aliphatic rings. The van der Waals surface area contributed by atoms with Crippen LogP contribution in [0, 0.1) is 0 Å². The zero-order valence-corrected chi connectivity index (χ0v) is 34.5. The van der Waals surface area contributed by atoms with E-state index in [2.05, 4.69) is 166 Å². The minimum Gasteiger partial charge on any atom is -0.158 e. The Labute approximate surface area is 310 Å². The number of aryl methyl sites for hydroxylation is 2. The summed E-state index contributed by atoms with van der Waals surface area (Å²) in [5.74, 6) is 0. The van der Waals surface area contributed by atoms with Crippen LogP contribution >= 0.6 is 0 Å². The van der Waals surface area contributed by atoms with Crippen LogP contribution in [0.5, 0.6) is 0 Å². The zero-order valence-electron chi connectivity index (χ0n) is 31.1. The minimum atomic E-state index is -2.25. The molecule has 0 bridgehead atoms. The Kier molecular flexibility index (Phi) is 10.5. The Morgan fingerprint density at radius 2 is 0.875 bits per heavy atom. The maximum atomic E-state index is 2.65. The van der Waals surface area contributed by atoms with E-state index in [0.717, 1.165) is 25.7 Å². The molecule has 0 N–H and O–H groups in total. The molecule has 0 aliphatic heterocycles. The topological polar surface area (TPSA) is 0 Å². The molecule has 6 aromatic rings. The molecule has 0 radical (unpaired) electrons. The van der Waals surface area contributed by atoms with Crippen LogP contribution in [0.25, 0.3) is 43.8 Å². The molecule has 0 nitrogen and oxygen atoms in total. The van der Waals surface area contributed by atoms with E-state index in [-0.39, 0.29) is 37.0 Å². The van der Waals surface area contributed by atoms with Crippen molar-refractivity contribution in [3.8, 4) is 22.3 Å². The van der Waals surface area contributed by atoms with Crippen LogP contribution < -0.4 is 10.4 Å². The molecule has 6 rings (SSSR count). The van der Waals surface area contributed by atoms with Gasteiger partial charge in [-0.25, -0.2) is 0 Å². The van der Waals surface area contributed by atoms with E-state index in [4.69, 9.17) is 0 Å². The second-order valence-corrected chi connectivity index (χ2v) is 20.7. The molecule has 246 valence electrons. The van der Waals surface area contributed by atoms with Crippen LogP contribution in [0.2, 0.25) is 13.1 Å². The normalized spacial score (nSPS) is 12.5. The van der Waals surface area contributed by atoms with Crippen LogP contribution in [-0.2, 0) is 49.9 Å². The van der Waals surface area contributed by atoms with Crippen LogP contribution in [-0.4, -0.2) is 8.07 Å². The van der Waals surface area contributed by atoms with Gasteiger partial charge in [0.25, 0.3) is 0 Å². The van der Waals surface area contributed by atoms with Crippen molar-refractivity contribution >= 4 is 40.0 Å². The van der Waals surface area contributed by atoms with Gasteiger partial charge in [0.1, 0.15) is 0 Å². The number of hydrogen-bond acceptors (Lipinski definition) is 0. The van der Waals surface area contributed by atoms with Gasteiger partial charge in [-0.05, 0) is 45.9 Å². The van der Waals surface area contributed by atoms with E-state index in [1.807, 2.05) is 0 Å². The molecule has 0 unspecified atom stereocenters. The SMILES string of the molecule is CCCc1[cH-]c2cccc(-c3ccc(C(C)(C)C)cc3)c2c1[Si](C)(C)c1c(CCC)[cH-]c2cccc(-c3ccc(C(C)(C)C)cc3)c12.[Zr+2]. The Hall–Kier alpha value is -2.80. The van der Waals surface area contributed by atoms with Crippen LogP contribution in [0.3, 0.4) is 0 Å². The van der Waals surface area contributed by atoms with Crippen molar-refractivity contribution in [2.24, 2.45) is 0 Å². The molecule has 6 aromatic carbocycles. The van der Waals surface area contributed by atoms with Crippen molar-refractivity contribution in [3.63, 3.8) is 0 Å². The molecular weight excluding hydrogens is 672 g/mol. The molecule has 0 spiro atoms. The van der Waals surface area contributed by atoms with Crippen LogP contribution in [0.1, 0.15) is 90.5 Å². The summed E-state index contributed by atoms with van der Waals surface area (Å²) in [7, 11) is -2.25. The van der Waals surface area contributed by atoms with Gasteiger partial charge < -0.3 is 0 Å². The summed E-state index contributed by atoms with van der Waals surface area (Å²) in [6, 6.07) is 37.9. The summed E-state index contributed by atoms with van der Waals surface area (Å²) in [6.45, 7) is 23.8. The average molecular weight is 726 g/mol. The molecule has 48 heavy (non-hydrogen) atoms. The smallest absolute Gasteiger partial charge is 0.158 e. The Balaban J connectivity index is 0.00000451. The average Bonchev–Trinajstić information content (AvgIpc) is 3.59. The van der Waals surface area contributed by atoms with Gasteiger partial charge in [-0.1, -0.05) is 153 Å². The molecule has 2 heteroatoms. The molecule has 0 atom stereocenters. The largest absolute Gasteiger partial charge is 2.00 e. The van der Waals surface area contributed by atoms with Crippen molar-refractivity contribution in [2.45, 2.75) is 105 Å². The quantitative estimate of drug-likeness (QED) is 0.108. The van der Waals surface area contributed by atoms with Gasteiger partial charge in [-0.2, -0.15) is 10.4 Å². The van der Waals surface area contributed by atoms with Gasteiger partial charge in [-0.15, -0.1) is 69.1 Å². The molecule has 0 fully saturated rings. The molecule has 0 aromatic heterocycles. The molecule has 0 saturated heterocycles. The van der Waals surface area contributed by atoms with Gasteiger partial charge in [-0.3, -0.25) is 0 Å². The fourth-order valence-electron chi connectivity index (χ4n) is 8.05. The van der Waals surface area contributed by atoms with E-state index < -0.39 is 8.07 Å². The fraction of sp³-hybridized carbons (Fsp3) is 0.348. The zero-order chi connectivity index (χ0) is 33.7. The maximum Gasteiger partial charge on any atom is 2.00 e. The first-order chi connectivity index (χ1) is 22.3. The summed E-state index contributed by atoms with van der Waals surface area (Å²) in [5.41, 5.74) is 11.6. The summed E-state index contributed by atoms with van der Waals surface area (Å²) in [6.07, 6.45) is 4.54. The molecule has 0 aliphatic carbocycles. The second-order valence-electron chi connectivity index (χ2n) is 16.4. The van der Waals surface area contributed by atoms with Crippen molar-refractivity contribution in [1.82, 2.24) is 0 Å². The van der Waals surface area contributed by atoms with E-state index in [1.54, 1.807) is 21.5 Å². The standard InChI is InChI=1S/C46H54Si.Zr/c1-11-15-35-29-33-17-13-19-39(31-21-25-37(26-22-31)45(3,4)5)41(33)43(35)47(9,10)44-36(16-12-2)30-34-18-14-20-40(42(34)44)32-23-27-38(28-24-32)46(6,7)8;/h13-14,17-30H,11-12,15-16H2,1-10H3;/q-2;+2. The van der Waals surface area contributed by atoms with Crippen LogP contribution in [0.15, 0.2) is 97.1 Å². The van der Waals surface area contributed by atoms with E-state index in [1.165, 1.54) is 54.9 Å². The van der Waals surface area contributed by atoms with Crippen molar-refractivity contribution in [3.05, 3.63) is 119 Å². The van der Waals surface area contributed by atoms with E-state index in [0.29, 0.717) is 0 Å². The summed E-state index contributed by atoms with van der Waals surface area (Å²) in [5, 5.41) is 9.06. The number of benzene rings is 4. The first-order valence-electron chi connectivity index (χ1n) is 17.9. The van der Waals surface area contributed by atoms with Gasteiger partial charge >= 0.3 is 26.2 Å². The first kappa shape index (κ1) is 36.5. The van der Waals surface area contributed by atoms with Crippen molar-refractivity contribution < 1.29 is 26.2 Å². The van der Waals surface area contributed by atoms with E-state index in [9.17, 15) is 0 Å². The number of fused-ring (bicyclic) bond motifs is 2. The fourth-order valence-corrected chi connectivity index (χ4v) is 12.1. The van der Waals surface area contributed by atoms with Gasteiger partial charge in [0.2, 0.25) is 0 Å². The molecule has 0 heterocycles. The van der Waals surface area contributed by atoms with Crippen molar-refractivity contribution in [1.29, 1.82) is 0 Å². The third kappa shape index (κ3) is 6.69. The van der Waals surface area contributed by atoms with Crippen LogP contribution in [0.4, 0.5) is 0 Å². The number of rotatable bonds is 8.